The lowest BCUT2D eigenvalue weighted by Gasteiger charge is -2.31. The van der Waals surface area contributed by atoms with Gasteiger partial charge in [-0.1, -0.05) is 52.0 Å². The molecule has 3 nitrogen and oxygen atoms in total. The number of phenols is 1. The molecule has 4 rings (SSSR count). The van der Waals surface area contributed by atoms with Gasteiger partial charge in [0.25, 0.3) is 5.91 Å². The van der Waals surface area contributed by atoms with Crippen molar-refractivity contribution in [3.05, 3.63) is 76.8 Å². The van der Waals surface area contributed by atoms with Gasteiger partial charge in [-0.2, -0.15) is 0 Å². The third kappa shape index (κ3) is 2.50. The van der Waals surface area contributed by atoms with Gasteiger partial charge in [-0.15, -0.1) is 0 Å². The largest absolute Gasteiger partial charge is 0.507 e. The maximum Gasteiger partial charge on any atom is 0.266 e. The summed E-state index contributed by atoms with van der Waals surface area (Å²) in [4.78, 5) is 16.9. The number of amides is 1. The second-order valence-corrected chi connectivity index (χ2v) is 7.34. The number of fused-ring (bicyclic) bond motifs is 2. The summed E-state index contributed by atoms with van der Waals surface area (Å²) in [5.74, 6) is -0.287. The number of aromatic hydroxyl groups is 1. The van der Waals surface area contributed by atoms with Gasteiger partial charge >= 0.3 is 0 Å². The summed E-state index contributed by atoms with van der Waals surface area (Å²) in [6.07, 6.45) is 0. The summed E-state index contributed by atoms with van der Waals surface area (Å²) in [5, 5.41) is 10.2. The summed E-state index contributed by atoms with van der Waals surface area (Å²) < 4.78 is 0.747. The second kappa shape index (κ2) is 6.00. The monoisotopic (exact) mass is 397 g/mol. The van der Waals surface area contributed by atoms with Gasteiger partial charge in [0.05, 0.1) is 16.9 Å². The van der Waals surface area contributed by atoms with Gasteiger partial charge in [0.15, 0.2) is 0 Å². The summed E-state index contributed by atoms with van der Waals surface area (Å²) in [6, 6.07) is 20.4. The Balaban J connectivity index is 1.91. The van der Waals surface area contributed by atoms with Crippen LogP contribution in [0.15, 0.2) is 81.0 Å². The molecule has 118 valence electrons. The first-order valence-corrected chi connectivity index (χ1v) is 8.95. The minimum Gasteiger partial charge on any atom is -0.507 e. The number of carbonyl (C=O) groups excluding carboxylic acids is 1. The predicted octanol–water partition coefficient (Wildman–Crippen LogP) is 5.60. The molecule has 1 aliphatic rings. The topological polar surface area (TPSA) is 40.5 Å². The predicted molar refractivity (Wildman–Crippen MR) is 99.3 cm³/mol. The molecule has 1 amide bonds. The van der Waals surface area contributed by atoms with Crippen molar-refractivity contribution in [1.82, 2.24) is 0 Å². The third-order valence-corrected chi connectivity index (χ3v) is 5.45. The van der Waals surface area contributed by atoms with E-state index in [9.17, 15) is 9.90 Å². The maximum atomic E-state index is 13.2. The van der Waals surface area contributed by atoms with Crippen LogP contribution in [-0.2, 0) is 0 Å². The summed E-state index contributed by atoms with van der Waals surface area (Å²) in [6.45, 7) is 0. The summed E-state index contributed by atoms with van der Waals surface area (Å²) in [7, 11) is 0. The van der Waals surface area contributed by atoms with Crippen molar-refractivity contribution in [3.63, 3.8) is 0 Å². The fourth-order valence-corrected chi connectivity index (χ4v) is 4.14. The fourth-order valence-electron chi connectivity index (χ4n) is 2.72. The van der Waals surface area contributed by atoms with Gasteiger partial charge in [0.2, 0.25) is 0 Å². The van der Waals surface area contributed by atoms with Crippen LogP contribution in [0, 0.1) is 0 Å². The second-order valence-electron chi connectivity index (χ2n) is 5.34. The molecule has 0 aromatic heterocycles. The number of anilines is 2. The molecule has 0 atom stereocenters. The van der Waals surface area contributed by atoms with Crippen LogP contribution in [0.25, 0.3) is 0 Å². The Morgan fingerprint density at radius 1 is 0.917 bits per heavy atom. The van der Waals surface area contributed by atoms with E-state index < -0.39 is 0 Å². The van der Waals surface area contributed by atoms with Gasteiger partial charge in [-0.25, -0.2) is 0 Å². The van der Waals surface area contributed by atoms with Crippen LogP contribution in [-0.4, -0.2) is 11.0 Å². The number of carbonyl (C=O) groups is 1. The number of hydrogen-bond donors (Lipinski definition) is 1. The summed E-state index contributed by atoms with van der Waals surface area (Å²) >= 11 is 5.01. The van der Waals surface area contributed by atoms with Crippen molar-refractivity contribution in [2.45, 2.75) is 9.79 Å². The van der Waals surface area contributed by atoms with E-state index in [-0.39, 0.29) is 17.2 Å². The van der Waals surface area contributed by atoms with Crippen LogP contribution in [0.1, 0.15) is 10.4 Å². The number of para-hydroxylation sites is 2. The van der Waals surface area contributed by atoms with Gasteiger partial charge in [-0.05, 0) is 42.5 Å². The van der Waals surface area contributed by atoms with E-state index in [0.29, 0.717) is 0 Å². The number of benzene rings is 3. The molecule has 0 saturated heterocycles. The molecule has 0 spiro atoms. The third-order valence-electron chi connectivity index (χ3n) is 3.82. The highest BCUT2D eigenvalue weighted by Crippen LogP contribution is 2.48. The van der Waals surface area contributed by atoms with Crippen LogP contribution < -0.4 is 4.90 Å². The van der Waals surface area contributed by atoms with Crippen LogP contribution in [0.5, 0.6) is 5.75 Å². The number of phenolic OH excluding ortho intramolecular Hbond substituents is 1. The van der Waals surface area contributed by atoms with E-state index in [2.05, 4.69) is 15.9 Å². The van der Waals surface area contributed by atoms with E-state index >= 15 is 0 Å². The number of halogens is 1. The molecule has 3 aromatic rings. The Kier molecular flexibility index (Phi) is 3.82. The van der Waals surface area contributed by atoms with Crippen molar-refractivity contribution in [1.29, 1.82) is 0 Å². The number of hydrogen-bond acceptors (Lipinski definition) is 3. The minimum atomic E-state index is -0.256. The standard InChI is InChI=1S/C19H12BrNO2S/c20-12-9-10-16(22)13(11-12)19(23)21-14-5-1-3-7-17(14)24-18-8-4-2-6-15(18)21/h1-11,22H. The molecule has 0 aliphatic carbocycles. The zero-order valence-corrected chi connectivity index (χ0v) is 14.8. The van der Waals surface area contributed by atoms with Crippen LogP contribution in [0.3, 0.4) is 0 Å². The SMILES string of the molecule is O=C(c1cc(Br)ccc1O)N1c2ccccc2Sc2ccccc21. The smallest absolute Gasteiger partial charge is 0.266 e. The van der Waals surface area contributed by atoms with Gasteiger partial charge < -0.3 is 5.11 Å². The van der Waals surface area contributed by atoms with Gasteiger partial charge in [0, 0.05) is 14.3 Å². The number of rotatable bonds is 1. The highest BCUT2D eigenvalue weighted by atomic mass is 79.9. The average molecular weight is 398 g/mol. The fraction of sp³-hybridized carbons (Fsp3) is 0. The van der Waals surface area contributed by atoms with Crippen LogP contribution >= 0.6 is 27.7 Å². The first-order chi connectivity index (χ1) is 11.6. The van der Waals surface area contributed by atoms with Crippen molar-refractivity contribution in [3.8, 4) is 5.75 Å². The Labute approximate surface area is 152 Å². The lowest BCUT2D eigenvalue weighted by atomic mass is 10.1. The van der Waals surface area contributed by atoms with Gasteiger partial charge in [-0.3, -0.25) is 9.69 Å². The molecule has 0 radical (unpaired) electrons. The zero-order valence-electron chi connectivity index (χ0n) is 12.4. The Morgan fingerprint density at radius 3 is 2.12 bits per heavy atom. The molecule has 1 N–H and O–H groups in total. The van der Waals surface area contributed by atoms with E-state index in [1.807, 2.05) is 48.5 Å². The first-order valence-electron chi connectivity index (χ1n) is 7.34. The molecular weight excluding hydrogens is 386 g/mol. The molecule has 5 heteroatoms. The maximum absolute atomic E-state index is 13.2. The van der Waals surface area contributed by atoms with Crippen LogP contribution in [0.2, 0.25) is 0 Å². The van der Waals surface area contributed by atoms with Gasteiger partial charge in [0.1, 0.15) is 5.75 Å². The Hall–Kier alpha value is -2.24. The van der Waals surface area contributed by atoms with Crippen LogP contribution in [0.4, 0.5) is 11.4 Å². The molecule has 0 bridgehead atoms. The zero-order chi connectivity index (χ0) is 16.7. The summed E-state index contributed by atoms with van der Waals surface area (Å²) in [5.41, 5.74) is 1.91. The molecule has 0 unspecified atom stereocenters. The molecule has 24 heavy (non-hydrogen) atoms. The minimum absolute atomic E-state index is 0.0311. The normalized spacial score (nSPS) is 12.5. The number of nitrogens with zero attached hydrogens (tertiary/aromatic N) is 1. The van der Waals surface area contributed by atoms with E-state index in [0.717, 1.165) is 25.6 Å². The van der Waals surface area contributed by atoms with Crippen molar-refractivity contribution in [2.75, 3.05) is 4.90 Å². The molecular formula is C19H12BrNO2S. The molecule has 0 saturated carbocycles. The Bertz CT molecular complexity index is 912. The Morgan fingerprint density at radius 2 is 1.50 bits per heavy atom. The lowest BCUT2D eigenvalue weighted by Crippen LogP contribution is -2.28. The van der Waals surface area contributed by atoms with E-state index in [1.54, 1.807) is 28.8 Å². The lowest BCUT2D eigenvalue weighted by molar-refractivity contribution is 0.0995. The average Bonchev–Trinajstić information content (AvgIpc) is 2.61. The molecule has 1 heterocycles. The van der Waals surface area contributed by atoms with Crippen molar-refractivity contribution >= 4 is 45.0 Å². The molecule has 0 fully saturated rings. The first kappa shape index (κ1) is 15.3. The molecule has 3 aromatic carbocycles. The quantitative estimate of drug-likeness (QED) is 0.580. The van der Waals surface area contributed by atoms with Crippen molar-refractivity contribution in [2.24, 2.45) is 0 Å². The highest BCUT2D eigenvalue weighted by molar-refractivity contribution is 9.10. The van der Waals surface area contributed by atoms with Crippen molar-refractivity contribution < 1.29 is 9.90 Å². The molecule has 1 aliphatic heterocycles. The van der Waals surface area contributed by atoms with E-state index in [4.69, 9.17) is 0 Å². The van der Waals surface area contributed by atoms with E-state index in [1.165, 1.54) is 6.07 Å². The highest BCUT2D eigenvalue weighted by Gasteiger charge is 2.29.